The molecule has 0 saturated carbocycles. The van der Waals surface area contributed by atoms with E-state index in [1.807, 2.05) is 12.1 Å². The van der Waals surface area contributed by atoms with Crippen molar-refractivity contribution in [2.75, 3.05) is 0 Å². The van der Waals surface area contributed by atoms with Crippen LogP contribution in [0.15, 0.2) is 72.8 Å². The topological polar surface area (TPSA) is 0 Å². The molecule has 2 aromatic heterocycles. The van der Waals surface area contributed by atoms with Crippen LogP contribution in [-0.2, 0) is 0 Å². The molecule has 5 rings (SSSR count). The molecule has 0 aliphatic rings. The highest BCUT2D eigenvalue weighted by atomic mass is 32.1. The van der Waals surface area contributed by atoms with Gasteiger partial charge < -0.3 is 0 Å². The lowest BCUT2D eigenvalue weighted by molar-refractivity contribution is 1.74. The van der Waals surface area contributed by atoms with Gasteiger partial charge in [0.15, 0.2) is 0 Å². The Morgan fingerprint density at radius 2 is 0.857 bits per heavy atom. The molecule has 2 heterocycles. The Labute approximate surface area is 172 Å². The van der Waals surface area contributed by atoms with Crippen LogP contribution in [0.4, 0.5) is 0 Å². The van der Waals surface area contributed by atoms with Crippen LogP contribution >= 0.6 is 22.7 Å². The fraction of sp³-hybridized carbons (Fsp3) is 0. The van der Waals surface area contributed by atoms with Crippen molar-refractivity contribution in [3.05, 3.63) is 82.6 Å². The van der Waals surface area contributed by atoms with E-state index in [0.717, 1.165) is 9.75 Å². The maximum Gasteiger partial charge on any atom is 0.0772 e. The molecule has 0 unspecified atom stereocenters. The average molecular weight is 391 g/mol. The lowest BCUT2D eigenvalue weighted by Crippen LogP contribution is -1.87. The zero-order valence-electron chi connectivity index (χ0n) is 14.9. The van der Waals surface area contributed by atoms with Crippen LogP contribution in [-0.4, -0.2) is 0 Å². The molecule has 0 nitrogen and oxygen atoms in total. The van der Waals surface area contributed by atoms with Crippen molar-refractivity contribution in [3.63, 3.8) is 0 Å². The first-order chi connectivity index (χ1) is 13.8. The normalized spacial score (nSPS) is 10.8. The minimum Gasteiger partial charge on any atom is -0.127 e. The minimum absolute atomic E-state index is 0.948. The van der Waals surface area contributed by atoms with Gasteiger partial charge >= 0.3 is 0 Å². The molecule has 5 aromatic rings. The molecule has 0 fully saturated rings. The third-order valence-corrected chi connectivity index (χ3v) is 6.99. The monoisotopic (exact) mass is 390 g/mol. The van der Waals surface area contributed by atoms with Gasteiger partial charge in [-0.3, -0.25) is 0 Å². The molecule has 28 heavy (non-hydrogen) atoms. The molecule has 0 radical (unpaired) electrons. The molecule has 0 amide bonds. The lowest BCUT2D eigenvalue weighted by atomic mass is 9.90. The Bertz CT molecular complexity index is 1260. The highest BCUT2D eigenvalue weighted by Crippen LogP contribution is 2.46. The second kappa shape index (κ2) is 6.70. The van der Waals surface area contributed by atoms with Crippen molar-refractivity contribution in [1.29, 1.82) is 0 Å². The van der Waals surface area contributed by atoms with Crippen LogP contribution in [0.3, 0.4) is 0 Å². The van der Waals surface area contributed by atoms with Crippen LogP contribution in [0, 0.1) is 24.7 Å². The molecule has 0 bridgehead atoms. The number of rotatable bonds is 2. The Morgan fingerprint density at radius 1 is 0.500 bits per heavy atom. The van der Waals surface area contributed by atoms with E-state index < -0.39 is 0 Å². The standard InChI is InChI=1S/C26H14S2/c1-3-17-13-15-23(27-17)25-19-9-5-7-11-21(19)26(22-12-8-6-10-20(22)25)24-16-14-18(4-2)28-24/h1-2,5-16H. The highest BCUT2D eigenvalue weighted by molar-refractivity contribution is 7.16. The van der Waals surface area contributed by atoms with Crippen LogP contribution in [0.5, 0.6) is 0 Å². The first-order valence-electron chi connectivity index (χ1n) is 8.87. The fourth-order valence-corrected chi connectivity index (χ4v) is 5.54. The van der Waals surface area contributed by atoms with Crippen molar-refractivity contribution in [1.82, 2.24) is 0 Å². The van der Waals surface area contributed by atoms with E-state index >= 15 is 0 Å². The molecule has 0 spiro atoms. The van der Waals surface area contributed by atoms with Crippen molar-refractivity contribution in [3.8, 4) is 45.6 Å². The third-order valence-electron chi connectivity index (χ3n) is 4.92. The van der Waals surface area contributed by atoms with E-state index in [0.29, 0.717) is 0 Å². The van der Waals surface area contributed by atoms with Gasteiger partial charge in [-0.1, -0.05) is 60.4 Å². The molecular formula is C26H14S2. The molecule has 0 aliphatic carbocycles. The summed E-state index contributed by atoms with van der Waals surface area (Å²) < 4.78 is 0. The van der Waals surface area contributed by atoms with Gasteiger partial charge in [-0.2, -0.15) is 0 Å². The Kier molecular flexibility index (Phi) is 4.03. The smallest absolute Gasteiger partial charge is 0.0772 e. The largest absolute Gasteiger partial charge is 0.127 e. The van der Waals surface area contributed by atoms with E-state index in [2.05, 4.69) is 72.5 Å². The molecule has 3 aromatic carbocycles. The van der Waals surface area contributed by atoms with Gasteiger partial charge in [0.2, 0.25) is 0 Å². The third kappa shape index (κ3) is 2.55. The van der Waals surface area contributed by atoms with Crippen LogP contribution < -0.4 is 0 Å². The van der Waals surface area contributed by atoms with Crippen LogP contribution in [0.25, 0.3) is 42.4 Å². The summed E-state index contributed by atoms with van der Waals surface area (Å²) in [5.74, 6) is 5.52. The molecule has 0 atom stereocenters. The summed E-state index contributed by atoms with van der Waals surface area (Å²) in [7, 11) is 0. The summed E-state index contributed by atoms with van der Waals surface area (Å²) in [4.78, 5) is 4.29. The lowest BCUT2D eigenvalue weighted by Gasteiger charge is -2.15. The van der Waals surface area contributed by atoms with Crippen molar-refractivity contribution < 1.29 is 0 Å². The van der Waals surface area contributed by atoms with Gasteiger partial charge in [-0.05, 0) is 45.8 Å². The summed E-state index contributed by atoms with van der Waals surface area (Å²) >= 11 is 3.33. The number of fused-ring (bicyclic) bond motifs is 2. The van der Waals surface area contributed by atoms with Gasteiger partial charge in [0, 0.05) is 20.9 Å². The Balaban J connectivity index is 1.96. The molecule has 0 N–H and O–H groups in total. The number of thiophene rings is 2. The quantitative estimate of drug-likeness (QED) is 0.217. The van der Waals surface area contributed by atoms with E-state index in [4.69, 9.17) is 12.8 Å². The second-order valence-corrected chi connectivity index (χ2v) is 8.63. The predicted molar refractivity (Wildman–Crippen MR) is 124 cm³/mol. The first-order valence-corrected chi connectivity index (χ1v) is 10.5. The van der Waals surface area contributed by atoms with Crippen LogP contribution in [0.1, 0.15) is 9.75 Å². The van der Waals surface area contributed by atoms with Crippen molar-refractivity contribution >= 4 is 44.2 Å². The van der Waals surface area contributed by atoms with E-state index in [1.54, 1.807) is 22.7 Å². The summed E-state index contributed by atoms with van der Waals surface area (Å²) in [6.07, 6.45) is 11.3. The Hall–Kier alpha value is -3.30. The molecule has 0 saturated heterocycles. The number of terminal acetylenes is 2. The number of hydrogen-bond acceptors (Lipinski definition) is 2. The fourth-order valence-electron chi connectivity index (χ4n) is 3.76. The van der Waals surface area contributed by atoms with Gasteiger partial charge in [0.25, 0.3) is 0 Å². The summed E-state index contributed by atoms with van der Waals surface area (Å²) in [6.45, 7) is 0. The van der Waals surface area contributed by atoms with E-state index in [1.165, 1.54) is 42.4 Å². The predicted octanol–water partition coefficient (Wildman–Crippen LogP) is 7.41. The zero-order chi connectivity index (χ0) is 19.1. The molecule has 130 valence electrons. The van der Waals surface area contributed by atoms with Crippen LogP contribution in [0.2, 0.25) is 0 Å². The summed E-state index contributed by atoms with van der Waals surface area (Å²) in [6, 6.07) is 25.5. The number of benzene rings is 3. The first kappa shape index (κ1) is 16.8. The highest BCUT2D eigenvalue weighted by Gasteiger charge is 2.18. The second-order valence-electron chi connectivity index (χ2n) is 6.46. The van der Waals surface area contributed by atoms with Gasteiger partial charge in [-0.15, -0.1) is 35.5 Å². The van der Waals surface area contributed by atoms with Gasteiger partial charge in [0.05, 0.1) is 9.75 Å². The van der Waals surface area contributed by atoms with Crippen molar-refractivity contribution in [2.45, 2.75) is 0 Å². The maximum absolute atomic E-state index is 5.63. The van der Waals surface area contributed by atoms with Crippen molar-refractivity contribution in [2.24, 2.45) is 0 Å². The molecular weight excluding hydrogens is 376 g/mol. The van der Waals surface area contributed by atoms with E-state index in [9.17, 15) is 0 Å². The molecule has 0 aliphatic heterocycles. The summed E-state index contributed by atoms with van der Waals surface area (Å²) in [5, 5.41) is 4.93. The average Bonchev–Trinajstić information content (AvgIpc) is 3.41. The zero-order valence-corrected chi connectivity index (χ0v) is 16.5. The van der Waals surface area contributed by atoms with Gasteiger partial charge in [0.1, 0.15) is 0 Å². The van der Waals surface area contributed by atoms with E-state index in [-0.39, 0.29) is 0 Å². The SMILES string of the molecule is C#Cc1ccc(-c2c3ccccc3c(-c3ccc(C#C)s3)c3ccccc23)s1. The summed E-state index contributed by atoms with van der Waals surface area (Å²) in [5.41, 5.74) is 2.49. The minimum atomic E-state index is 0.948. The Morgan fingerprint density at radius 3 is 1.14 bits per heavy atom. The molecule has 2 heteroatoms. The van der Waals surface area contributed by atoms with Gasteiger partial charge in [-0.25, -0.2) is 0 Å². The number of hydrogen-bond donors (Lipinski definition) is 0. The maximum atomic E-state index is 5.63.